The number of nitrogens with one attached hydrogen (secondary N) is 3. The van der Waals surface area contributed by atoms with E-state index in [4.69, 9.17) is 5.84 Å². The number of aromatic nitrogens is 1. The number of hydrogen-bond acceptors (Lipinski definition) is 7. The minimum atomic E-state index is -1.27. The van der Waals surface area contributed by atoms with Gasteiger partial charge in [-0.2, -0.15) is 0 Å². The zero-order chi connectivity index (χ0) is 22.8. The van der Waals surface area contributed by atoms with Gasteiger partial charge in [-0.25, -0.2) is 20.4 Å². The molecule has 1 unspecified atom stereocenters. The van der Waals surface area contributed by atoms with Gasteiger partial charge in [-0.3, -0.25) is 14.6 Å². The number of carbonyl (C=O) groups is 4. The van der Waals surface area contributed by atoms with Crippen LogP contribution in [0.25, 0.3) is 0 Å². The van der Waals surface area contributed by atoms with Gasteiger partial charge in [-0.1, -0.05) is 6.07 Å². The van der Waals surface area contributed by atoms with Crippen LogP contribution in [0.15, 0.2) is 47.7 Å². The molecule has 1 aromatic heterocycles. The molecule has 1 heterocycles. The van der Waals surface area contributed by atoms with Gasteiger partial charge in [0, 0.05) is 24.4 Å². The Morgan fingerprint density at radius 2 is 1.90 bits per heavy atom. The highest BCUT2D eigenvalue weighted by Crippen LogP contribution is 2.18. The molecule has 0 saturated carbocycles. The second-order valence-corrected chi connectivity index (χ2v) is 6.20. The lowest BCUT2D eigenvalue weighted by Crippen LogP contribution is -2.46. The number of pyridine rings is 1. The summed E-state index contributed by atoms with van der Waals surface area (Å²) in [6.45, 7) is -0.518. The Morgan fingerprint density at radius 1 is 1.16 bits per heavy atom. The number of nitrogens with two attached hydrogens (primary N) is 1. The number of carbonyl (C=O) groups excluding carboxylic acids is 2. The van der Waals surface area contributed by atoms with Gasteiger partial charge in [-0.05, 0) is 29.8 Å². The van der Waals surface area contributed by atoms with Crippen LogP contribution in [0.2, 0.25) is 0 Å². The van der Waals surface area contributed by atoms with Crippen molar-refractivity contribution in [2.75, 3.05) is 6.54 Å². The monoisotopic (exact) mass is 428 g/mol. The van der Waals surface area contributed by atoms with E-state index in [-0.39, 0.29) is 23.2 Å². The summed E-state index contributed by atoms with van der Waals surface area (Å²) in [5.41, 5.74) is 2.67. The molecule has 0 radical (unpaired) electrons. The molecule has 2 aromatic rings. The van der Waals surface area contributed by atoms with Crippen LogP contribution in [0.4, 0.5) is 5.69 Å². The fourth-order valence-corrected chi connectivity index (χ4v) is 2.51. The number of carboxylic acids is 2. The fourth-order valence-electron chi connectivity index (χ4n) is 2.51. The normalized spacial score (nSPS) is 11.5. The van der Waals surface area contributed by atoms with Crippen molar-refractivity contribution in [3.8, 4) is 0 Å². The van der Waals surface area contributed by atoms with E-state index in [1.54, 1.807) is 12.1 Å². The van der Waals surface area contributed by atoms with Crippen LogP contribution in [-0.2, 0) is 16.0 Å². The minimum absolute atomic E-state index is 0.0139. The maximum absolute atomic E-state index is 12.4. The fraction of sp³-hybridized carbons (Fsp3) is 0.158. The minimum Gasteiger partial charge on any atom is -0.480 e. The summed E-state index contributed by atoms with van der Waals surface area (Å²) < 4.78 is 0. The molecule has 162 valence electrons. The average molecular weight is 428 g/mol. The number of carboxylic acid groups (broad SMARTS) is 2. The highest BCUT2D eigenvalue weighted by atomic mass is 16.4. The van der Waals surface area contributed by atoms with Gasteiger partial charge in [0.2, 0.25) is 5.91 Å². The Kier molecular flexibility index (Phi) is 8.16. The Morgan fingerprint density at radius 3 is 2.52 bits per heavy atom. The molecule has 31 heavy (non-hydrogen) atoms. The highest BCUT2D eigenvalue weighted by molar-refractivity contribution is 6.00. The van der Waals surface area contributed by atoms with Crippen molar-refractivity contribution < 1.29 is 29.4 Å². The molecule has 0 aliphatic carbocycles. The van der Waals surface area contributed by atoms with Crippen LogP contribution >= 0.6 is 0 Å². The van der Waals surface area contributed by atoms with Crippen molar-refractivity contribution in [2.45, 2.75) is 12.5 Å². The zero-order valence-corrected chi connectivity index (χ0v) is 16.1. The Labute approximate surface area is 176 Å². The second-order valence-electron chi connectivity index (χ2n) is 6.20. The summed E-state index contributed by atoms with van der Waals surface area (Å²) in [5.74, 6) is 1.09. The Balaban J connectivity index is 2.02. The summed E-state index contributed by atoms with van der Waals surface area (Å²) in [7, 11) is 0. The lowest BCUT2D eigenvalue weighted by molar-refractivity contribution is -0.141. The molecule has 2 amide bonds. The molecule has 0 aliphatic rings. The molecule has 1 atom stereocenters. The van der Waals surface area contributed by atoms with Crippen molar-refractivity contribution in [1.29, 1.82) is 0 Å². The maximum atomic E-state index is 12.4. The van der Waals surface area contributed by atoms with E-state index in [1.165, 1.54) is 24.5 Å². The second kappa shape index (κ2) is 11.0. The van der Waals surface area contributed by atoms with Gasteiger partial charge in [0.15, 0.2) is 0 Å². The zero-order valence-electron chi connectivity index (χ0n) is 16.1. The summed E-state index contributed by atoms with van der Waals surface area (Å²) in [6, 6.07) is 5.75. The lowest BCUT2D eigenvalue weighted by Gasteiger charge is -2.15. The predicted octanol–water partition coefficient (Wildman–Crippen LogP) is -0.555. The van der Waals surface area contributed by atoms with Gasteiger partial charge < -0.3 is 26.3 Å². The van der Waals surface area contributed by atoms with Crippen molar-refractivity contribution in [3.05, 3.63) is 59.4 Å². The van der Waals surface area contributed by atoms with E-state index >= 15 is 0 Å². The molecule has 12 nitrogen and oxygen atoms in total. The van der Waals surface area contributed by atoms with Crippen LogP contribution in [0, 0.1) is 0 Å². The van der Waals surface area contributed by atoms with Crippen molar-refractivity contribution in [2.24, 2.45) is 10.8 Å². The first-order chi connectivity index (χ1) is 14.8. The molecule has 0 aliphatic heterocycles. The van der Waals surface area contributed by atoms with Gasteiger partial charge >= 0.3 is 11.9 Å². The van der Waals surface area contributed by atoms with Crippen LogP contribution in [0.3, 0.4) is 0 Å². The van der Waals surface area contributed by atoms with Gasteiger partial charge in [0.25, 0.3) is 5.91 Å². The summed E-state index contributed by atoms with van der Waals surface area (Å²) in [6.07, 6.45) is 4.14. The summed E-state index contributed by atoms with van der Waals surface area (Å²) >= 11 is 0. The largest absolute Gasteiger partial charge is 0.480 e. The molecule has 0 spiro atoms. The van der Waals surface area contributed by atoms with Crippen LogP contribution < -0.4 is 21.9 Å². The third kappa shape index (κ3) is 7.21. The number of benzene rings is 1. The van der Waals surface area contributed by atoms with Gasteiger partial charge in [0.1, 0.15) is 12.4 Å². The van der Waals surface area contributed by atoms with Crippen LogP contribution in [0.5, 0.6) is 0 Å². The molecule has 1 aromatic carbocycles. The molecule has 12 heteroatoms. The Bertz CT molecular complexity index is 995. The SMILES string of the molecule is NNC=Nc1cc(C(=O)O)cc(C(=O)NCC(=O)NC(Cc2cccnc2)C(=O)O)c1. The smallest absolute Gasteiger partial charge is 0.335 e. The standard InChI is InChI=1S/C19H20N6O6/c20-24-10-23-14-6-12(5-13(7-14)18(28)29)17(27)22-9-16(26)25-15(19(30)31)4-11-2-1-3-21-8-11/h1-3,5-8,10,15H,4,9,20H2,(H,22,27)(H,23,24)(H,25,26)(H,28,29)(H,30,31). The molecular formula is C19H20N6O6. The van der Waals surface area contributed by atoms with E-state index in [0.29, 0.717) is 5.56 Å². The molecule has 0 fully saturated rings. The quantitative estimate of drug-likeness (QED) is 0.124. The third-order valence-corrected chi connectivity index (χ3v) is 3.92. The van der Waals surface area contributed by atoms with E-state index in [1.807, 2.05) is 0 Å². The predicted molar refractivity (Wildman–Crippen MR) is 109 cm³/mol. The van der Waals surface area contributed by atoms with Crippen molar-refractivity contribution in [1.82, 2.24) is 21.0 Å². The molecule has 2 rings (SSSR count). The van der Waals surface area contributed by atoms with E-state index < -0.39 is 36.3 Å². The van der Waals surface area contributed by atoms with Crippen LogP contribution in [0.1, 0.15) is 26.3 Å². The maximum Gasteiger partial charge on any atom is 0.335 e. The number of hydrogen-bond donors (Lipinski definition) is 6. The first-order valence-corrected chi connectivity index (χ1v) is 8.86. The molecular weight excluding hydrogens is 408 g/mol. The number of amides is 2. The summed E-state index contributed by atoms with van der Waals surface area (Å²) in [4.78, 5) is 54.9. The molecule has 0 bridgehead atoms. The topological polar surface area (TPSA) is 196 Å². The molecule has 7 N–H and O–H groups in total. The van der Waals surface area contributed by atoms with Crippen LogP contribution in [-0.4, -0.2) is 57.9 Å². The number of hydrazine groups is 1. The van der Waals surface area contributed by atoms with E-state index in [0.717, 1.165) is 12.4 Å². The average Bonchev–Trinajstić information content (AvgIpc) is 2.75. The van der Waals surface area contributed by atoms with E-state index in [9.17, 15) is 29.4 Å². The number of aromatic carboxylic acids is 1. The number of rotatable bonds is 10. The first kappa shape index (κ1) is 23.0. The van der Waals surface area contributed by atoms with Gasteiger partial charge in [-0.15, -0.1) is 0 Å². The van der Waals surface area contributed by atoms with E-state index in [2.05, 4.69) is 26.0 Å². The Hall–Kier alpha value is -4.32. The summed E-state index contributed by atoms with van der Waals surface area (Å²) in [5, 5.41) is 23.1. The first-order valence-electron chi connectivity index (χ1n) is 8.86. The lowest BCUT2D eigenvalue weighted by atomic mass is 10.1. The number of nitrogens with zero attached hydrogens (tertiary/aromatic N) is 2. The number of aliphatic imine (C=N–C) groups is 1. The van der Waals surface area contributed by atoms with Gasteiger partial charge in [0.05, 0.1) is 17.8 Å². The molecule has 0 saturated heterocycles. The third-order valence-electron chi connectivity index (χ3n) is 3.92. The number of aliphatic carboxylic acids is 1. The van der Waals surface area contributed by atoms with Crippen molar-refractivity contribution in [3.63, 3.8) is 0 Å². The van der Waals surface area contributed by atoms with Crippen molar-refractivity contribution >= 4 is 35.8 Å². The highest BCUT2D eigenvalue weighted by Gasteiger charge is 2.21.